The van der Waals surface area contributed by atoms with E-state index in [1.807, 2.05) is 0 Å². The van der Waals surface area contributed by atoms with Crippen molar-refractivity contribution in [2.75, 3.05) is 6.54 Å². The summed E-state index contributed by atoms with van der Waals surface area (Å²) in [5.74, 6) is -0.600. The molecule has 0 unspecified atom stereocenters. The van der Waals surface area contributed by atoms with Gasteiger partial charge in [-0.1, -0.05) is 11.5 Å². The van der Waals surface area contributed by atoms with E-state index < -0.39 is 30.6 Å². The number of nitrogens with zero attached hydrogens (tertiary/aromatic N) is 2. The fraction of sp³-hybridized carbons (Fsp3) is 0.353. The molecule has 0 radical (unpaired) electrons. The van der Waals surface area contributed by atoms with E-state index in [1.165, 1.54) is 29.3 Å². The van der Waals surface area contributed by atoms with Crippen LogP contribution in [-0.2, 0) is 6.42 Å². The third-order valence-corrected chi connectivity index (χ3v) is 4.46. The largest absolute Gasteiger partial charge is 0.508 e. The Morgan fingerprint density at radius 3 is 2.68 bits per heavy atom. The monoisotopic (exact) mass is 352 g/mol. The van der Waals surface area contributed by atoms with Gasteiger partial charge < -0.3 is 5.11 Å². The number of hydrogen-bond donors (Lipinski definition) is 1. The van der Waals surface area contributed by atoms with Crippen LogP contribution in [0.3, 0.4) is 0 Å². The molecular formula is C17H17BF4N2O. The summed E-state index contributed by atoms with van der Waals surface area (Å²) in [5.41, 5.74) is 1.81. The minimum atomic E-state index is -4.41. The summed E-state index contributed by atoms with van der Waals surface area (Å²) in [5, 5.41) is 9.69. The molecule has 1 aromatic heterocycles. The zero-order valence-electron chi connectivity index (χ0n) is 13.8. The molecule has 1 aliphatic rings. The van der Waals surface area contributed by atoms with Crippen molar-refractivity contribution >= 4 is 13.3 Å². The second-order valence-corrected chi connectivity index (χ2v) is 6.51. The Bertz CT molecular complexity index is 797. The molecule has 8 heteroatoms. The fourth-order valence-electron chi connectivity index (χ4n) is 3.41. The predicted octanol–water partition coefficient (Wildman–Crippen LogP) is 2.08. The number of phenols is 1. The lowest BCUT2D eigenvalue weighted by molar-refractivity contribution is -0.155. The number of benzene rings is 1. The summed E-state index contributed by atoms with van der Waals surface area (Å²) in [7, 11) is 1.67. The van der Waals surface area contributed by atoms with Crippen LogP contribution in [0, 0.1) is 5.82 Å². The Labute approximate surface area is 143 Å². The van der Waals surface area contributed by atoms with Gasteiger partial charge in [-0.15, -0.1) is 0 Å². The zero-order chi connectivity index (χ0) is 18.4. The van der Waals surface area contributed by atoms with Crippen LogP contribution >= 0.6 is 0 Å². The molecule has 0 aliphatic carbocycles. The lowest BCUT2D eigenvalue weighted by Gasteiger charge is -2.42. The van der Waals surface area contributed by atoms with E-state index in [-0.39, 0.29) is 11.4 Å². The molecule has 0 spiro atoms. The van der Waals surface area contributed by atoms with E-state index in [0.717, 1.165) is 0 Å². The van der Waals surface area contributed by atoms with Gasteiger partial charge >= 0.3 is 6.18 Å². The molecule has 25 heavy (non-hydrogen) atoms. The molecule has 2 atom stereocenters. The van der Waals surface area contributed by atoms with Gasteiger partial charge in [0.2, 0.25) is 0 Å². The Morgan fingerprint density at radius 1 is 1.32 bits per heavy atom. The smallest absolute Gasteiger partial charge is 0.401 e. The summed E-state index contributed by atoms with van der Waals surface area (Å²) in [6.07, 6.45) is -2.63. The van der Waals surface area contributed by atoms with Crippen LogP contribution < -0.4 is 5.46 Å². The number of halogens is 4. The number of fused-ring (bicyclic) bond motifs is 1. The maximum Gasteiger partial charge on any atom is 0.401 e. The highest BCUT2D eigenvalue weighted by molar-refractivity contribution is 6.32. The zero-order valence-corrected chi connectivity index (χ0v) is 13.8. The molecule has 1 aromatic carbocycles. The highest BCUT2D eigenvalue weighted by Gasteiger charge is 2.42. The molecule has 2 aromatic rings. The van der Waals surface area contributed by atoms with Crippen molar-refractivity contribution in [2.24, 2.45) is 0 Å². The van der Waals surface area contributed by atoms with E-state index in [4.69, 9.17) is 0 Å². The van der Waals surface area contributed by atoms with E-state index in [1.54, 1.807) is 20.8 Å². The molecule has 0 saturated heterocycles. The van der Waals surface area contributed by atoms with Crippen molar-refractivity contribution in [3.05, 3.63) is 53.1 Å². The molecule has 3 rings (SSSR count). The molecule has 1 aliphatic heterocycles. The maximum absolute atomic E-state index is 14.5. The number of phenolic OH excluding ortho intramolecular Hbond substituents is 1. The van der Waals surface area contributed by atoms with Crippen molar-refractivity contribution < 1.29 is 22.7 Å². The summed E-state index contributed by atoms with van der Waals surface area (Å²) in [6, 6.07) is 4.30. The third-order valence-electron chi connectivity index (χ3n) is 4.46. The maximum atomic E-state index is 14.5. The van der Waals surface area contributed by atoms with Crippen LogP contribution in [0.4, 0.5) is 17.6 Å². The summed E-state index contributed by atoms with van der Waals surface area (Å²) >= 11 is 0. The van der Waals surface area contributed by atoms with Crippen LogP contribution in [0.15, 0.2) is 30.5 Å². The Hall–Kier alpha value is -2.09. The quantitative estimate of drug-likeness (QED) is 0.664. The molecule has 0 amide bonds. The molecule has 0 saturated carbocycles. The number of alkyl halides is 3. The number of aromatic hydroxyl groups is 1. The summed E-state index contributed by atoms with van der Waals surface area (Å²) in [6.45, 7) is 0.506. The van der Waals surface area contributed by atoms with Gasteiger partial charge in [-0.2, -0.15) is 13.2 Å². The van der Waals surface area contributed by atoms with Crippen LogP contribution in [0.5, 0.6) is 5.75 Å². The third kappa shape index (κ3) is 3.63. The molecule has 0 bridgehead atoms. The highest BCUT2D eigenvalue weighted by Crippen LogP contribution is 2.40. The SMILES string of the molecule is Bc1cnc([C@@H]2c3ccc(O)cc3C[C@@H](C)N2CC(F)(F)F)c(F)c1. The van der Waals surface area contributed by atoms with E-state index in [0.29, 0.717) is 23.0 Å². The first-order valence-corrected chi connectivity index (χ1v) is 7.92. The number of pyridine rings is 1. The Kier molecular flexibility index (Phi) is 4.49. The van der Waals surface area contributed by atoms with Crippen LogP contribution in [0.1, 0.15) is 29.8 Å². The van der Waals surface area contributed by atoms with Gasteiger partial charge in [0, 0.05) is 12.2 Å². The van der Waals surface area contributed by atoms with Gasteiger partial charge in [-0.25, -0.2) is 4.39 Å². The summed E-state index contributed by atoms with van der Waals surface area (Å²) in [4.78, 5) is 5.31. The number of hydrogen-bond acceptors (Lipinski definition) is 3. The molecule has 2 heterocycles. The molecular weight excluding hydrogens is 335 g/mol. The Balaban J connectivity index is 2.16. The van der Waals surface area contributed by atoms with Crippen LogP contribution in [-0.4, -0.2) is 41.6 Å². The van der Waals surface area contributed by atoms with Gasteiger partial charge in [0.25, 0.3) is 0 Å². The number of rotatable bonds is 2. The van der Waals surface area contributed by atoms with Crippen molar-refractivity contribution in [3.63, 3.8) is 0 Å². The number of aromatic nitrogens is 1. The first-order chi connectivity index (χ1) is 11.7. The van der Waals surface area contributed by atoms with E-state index in [9.17, 15) is 22.7 Å². The van der Waals surface area contributed by atoms with Gasteiger partial charge in [-0.05, 0) is 42.7 Å². The fourth-order valence-corrected chi connectivity index (χ4v) is 3.41. The lowest BCUT2D eigenvalue weighted by Crippen LogP contribution is -2.47. The standard InChI is InChI=1S/C17H17BF4N2O/c1-9-4-10-5-12(25)2-3-13(10)16(24(9)8-17(20,21)22)15-14(19)6-11(18)7-23-15/h2-3,5-7,9,16,25H,4,8,18H2,1H3/t9-,16+/m1/s1. The summed E-state index contributed by atoms with van der Waals surface area (Å²) < 4.78 is 53.9. The second-order valence-electron chi connectivity index (χ2n) is 6.51. The minimum Gasteiger partial charge on any atom is -0.508 e. The van der Waals surface area contributed by atoms with Gasteiger partial charge in [-0.3, -0.25) is 9.88 Å². The van der Waals surface area contributed by atoms with Gasteiger partial charge in [0.15, 0.2) is 0 Å². The van der Waals surface area contributed by atoms with Crippen molar-refractivity contribution in [1.82, 2.24) is 9.88 Å². The van der Waals surface area contributed by atoms with Gasteiger partial charge in [0.1, 0.15) is 19.4 Å². The topological polar surface area (TPSA) is 36.4 Å². The normalized spacial score (nSPS) is 21.2. The lowest BCUT2D eigenvalue weighted by atomic mass is 9.86. The van der Waals surface area contributed by atoms with Crippen molar-refractivity contribution in [1.29, 1.82) is 0 Å². The van der Waals surface area contributed by atoms with Crippen LogP contribution in [0.25, 0.3) is 0 Å². The van der Waals surface area contributed by atoms with Gasteiger partial charge in [0.05, 0.1) is 18.3 Å². The predicted molar refractivity (Wildman–Crippen MR) is 88.2 cm³/mol. The highest BCUT2D eigenvalue weighted by atomic mass is 19.4. The molecule has 132 valence electrons. The first-order valence-electron chi connectivity index (χ1n) is 7.92. The minimum absolute atomic E-state index is 0.0336. The van der Waals surface area contributed by atoms with Crippen LogP contribution in [0.2, 0.25) is 0 Å². The molecule has 0 fully saturated rings. The van der Waals surface area contributed by atoms with E-state index >= 15 is 0 Å². The molecule has 1 N–H and O–H groups in total. The average Bonchev–Trinajstić information content (AvgIpc) is 2.48. The average molecular weight is 352 g/mol. The Morgan fingerprint density at radius 2 is 2.04 bits per heavy atom. The van der Waals surface area contributed by atoms with E-state index in [2.05, 4.69) is 4.98 Å². The first kappa shape index (κ1) is 17.7. The van der Waals surface area contributed by atoms with Crippen molar-refractivity contribution in [2.45, 2.75) is 31.6 Å². The van der Waals surface area contributed by atoms with Crippen molar-refractivity contribution in [3.8, 4) is 5.75 Å². The molecule has 3 nitrogen and oxygen atoms in total. The second kappa shape index (κ2) is 6.33.